The monoisotopic (exact) mass is 279 g/mol. The lowest BCUT2D eigenvalue weighted by molar-refractivity contribution is 0.159. The molecule has 1 heterocycles. The Balaban J connectivity index is 1.43. The highest BCUT2D eigenvalue weighted by atomic mass is 32.2. The largest absolute Gasteiger partial charge is 0.381 e. The standard InChI is InChI=1S/C14H17NO3S/c16-19(17,15-14-11-7-18-8-12(11)14)13-6-10(13)9-4-2-1-3-5-9/h1-5,10-15H,6-8H2/t10-,11-,12+,13+,14?/m1/s1. The lowest BCUT2D eigenvalue weighted by atomic mass is 10.1. The molecule has 0 bridgehead atoms. The van der Waals surface area contributed by atoms with Crippen molar-refractivity contribution >= 4 is 10.0 Å². The maximum absolute atomic E-state index is 12.3. The van der Waals surface area contributed by atoms with E-state index in [2.05, 4.69) is 4.72 Å². The van der Waals surface area contributed by atoms with Crippen LogP contribution in [0.25, 0.3) is 0 Å². The molecule has 3 fully saturated rings. The molecule has 19 heavy (non-hydrogen) atoms. The van der Waals surface area contributed by atoms with Gasteiger partial charge in [-0.15, -0.1) is 0 Å². The van der Waals surface area contributed by atoms with Gasteiger partial charge < -0.3 is 4.74 Å². The first-order chi connectivity index (χ1) is 9.17. The van der Waals surface area contributed by atoms with Crippen LogP contribution in [0.15, 0.2) is 30.3 Å². The molecule has 4 rings (SSSR count). The van der Waals surface area contributed by atoms with Gasteiger partial charge in [-0.2, -0.15) is 0 Å². The van der Waals surface area contributed by atoms with Crippen LogP contribution in [0, 0.1) is 11.8 Å². The van der Waals surface area contributed by atoms with Crippen LogP contribution in [0.3, 0.4) is 0 Å². The highest BCUT2D eigenvalue weighted by Gasteiger charge is 2.58. The Morgan fingerprint density at radius 1 is 1.11 bits per heavy atom. The summed E-state index contributed by atoms with van der Waals surface area (Å²) >= 11 is 0. The van der Waals surface area contributed by atoms with Crippen molar-refractivity contribution in [2.45, 2.75) is 23.6 Å². The summed E-state index contributed by atoms with van der Waals surface area (Å²) in [5.41, 5.74) is 1.14. The van der Waals surface area contributed by atoms with E-state index in [0.717, 1.165) is 12.0 Å². The SMILES string of the molecule is O=S(=O)(NC1[C@H]2COC[C@@H]12)[C@H]1C[C@@H]1c1ccccc1. The summed E-state index contributed by atoms with van der Waals surface area (Å²) in [6.45, 7) is 1.43. The van der Waals surface area contributed by atoms with Gasteiger partial charge in [0.15, 0.2) is 0 Å². The fourth-order valence-electron chi connectivity index (χ4n) is 3.26. The summed E-state index contributed by atoms with van der Waals surface area (Å²) in [5.74, 6) is 1.01. The first-order valence-corrected chi connectivity index (χ1v) is 8.35. The number of fused-ring (bicyclic) bond motifs is 1. The van der Waals surface area contributed by atoms with E-state index in [9.17, 15) is 8.42 Å². The number of hydrogen-bond acceptors (Lipinski definition) is 3. The molecule has 102 valence electrons. The van der Waals surface area contributed by atoms with Crippen molar-refractivity contribution < 1.29 is 13.2 Å². The highest BCUT2D eigenvalue weighted by Crippen LogP contribution is 2.49. The molecule has 0 aromatic heterocycles. The molecule has 1 aliphatic heterocycles. The zero-order chi connectivity index (χ0) is 13.0. The molecule has 4 nitrogen and oxygen atoms in total. The average Bonchev–Trinajstić information content (AvgIpc) is 3.28. The minimum absolute atomic E-state index is 0.135. The van der Waals surface area contributed by atoms with Gasteiger partial charge in [0, 0.05) is 23.8 Å². The second kappa shape index (κ2) is 4.04. The Labute approximate surface area is 113 Å². The van der Waals surface area contributed by atoms with Gasteiger partial charge in [0.05, 0.1) is 18.5 Å². The van der Waals surface area contributed by atoms with Gasteiger partial charge in [-0.3, -0.25) is 0 Å². The number of benzene rings is 1. The molecule has 0 spiro atoms. The lowest BCUT2D eigenvalue weighted by Gasteiger charge is -2.08. The van der Waals surface area contributed by atoms with Gasteiger partial charge in [0.2, 0.25) is 10.0 Å². The first kappa shape index (κ1) is 11.9. The molecule has 1 saturated heterocycles. The van der Waals surface area contributed by atoms with Crippen LogP contribution in [0.1, 0.15) is 17.9 Å². The number of nitrogens with one attached hydrogen (secondary N) is 1. The lowest BCUT2D eigenvalue weighted by Crippen LogP contribution is -2.33. The molecule has 1 N–H and O–H groups in total. The molecular weight excluding hydrogens is 262 g/mol. The van der Waals surface area contributed by atoms with E-state index in [1.54, 1.807) is 0 Å². The van der Waals surface area contributed by atoms with Crippen molar-refractivity contribution in [1.29, 1.82) is 0 Å². The summed E-state index contributed by atoms with van der Waals surface area (Å²) in [4.78, 5) is 0. The van der Waals surface area contributed by atoms with Gasteiger partial charge in [-0.05, 0) is 12.0 Å². The van der Waals surface area contributed by atoms with Crippen LogP contribution in [-0.4, -0.2) is 32.9 Å². The van der Waals surface area contributed by atoms with E-state index in [-0.39, 0.29) is 17.2 Å². The van der Waals surface area contributed by atoms with E-state index in [0.29, 0.717) is 25.0 Å². The molecule has 3 aliphatic rings. The van der Waals surface area contributed by atoms with Gasteiger partial charge in [0.25, 0.3) is 0 Å². The summed E-state index contributed by atoms with van der Waals surface area (Å²) in [5, 5.41) is -0.239. The smallest absolute Gasteiger partial charge is 0.215 e. The van der Waals surface area contributed by atoms with Crippen LogP contribution in [-0.2, 0) is 14.8 Å². The van der Waals surface area contributed by atoms with Crippen LogP contribution >= 0.6 is 0 Å². The van der Waals surface area contributed by atoms with Gasteiger partial charge >= 0.3 is 0 Å². The van der Waals surface area contributed by atoms with Crippen LogP contribution in [0.5, 0.6) is 0 Å². The zero-order valence-electron chi connectivity index (χ0n) is 10.5. The zero-order valence-corrected chi connectivity index (χ0v) is 11.3. The number of ether oxygens (including phenoxy) is 1. The maximum Gasteiger partial charge on any atom is 0.215 e. The molecular formula is C14H17NO3S. The summed E-state index contributed by atoms with van der Waals surface area (Å²) in [7, 11) is -3.17. The number of sulfonamides is 1. The minimum atomic E-state index is -3.17. The number of rotatable bonds is 4. The van der Waals surface area contributed by atoms with E-state index in [1.165, 1.54) is 0 Å². The third-order valence-corrected chi connectivity index (χ3v) is 6.53. The molecule has 1 aromatic rings. The number of hydrogen-bond donors (Lipinski definition) is 1. The predicted octanol–water partition coefficient (Wildman–Crippen LogP) is 1.11. The van der Waals surface area contributed by atoms with Gasteiger partial charge in [-0.25, -0.2) is 13.1 Å². The predicted molar refractivity (Wildman–Crippen MR) is 71.2 cm³/mol. The molecule has 1 aromatic carbocycles. The van der Waals surface area contributed by atoms with Crippen molar-refractivity contribution in [1.82, 2.24) is 4.72 Å². The van der Waals surface area contributed by atoms with E-state index in [1.807, 2.05) is 30.3 Å². The topological polar surface area (TPSA) is 55.4 Å². The summed E-state index contributed by atoms with van der Waals surface area (Å²) in [6.07, 6.45) is 0.748. The highest BCUT2D eigenvalue weighted by molar-refractivity contribution is 7.90. The Kier molecular flexibility index (Phi) is 2.53. The molecule has 0 radical (unpaired) electrons. The first-order valence-electron chi connectivity index (χ1n) is 6.80. The summed E-state index contributed by atoms with van der Waals surface area (Å²) in [6, 6.07) is 10.1. The van der Waals surface area contributed by atoms with E-state index in [4.69, 9.17) is 4.74 Å². The quantitative estimate of drug-likeness (QED) is 0.898. The maximum atomic E-state index is 12.3. The molecule has 5 heteroatoms. The van der Waals surface area contributed by atoms with Crippen LogP contribution in [0.4, 0.5) is 0 Å². The molecule has 1 unspecified atom stereocenters. The summed E-state index contributed by atoms with van der Waals surface area (Å²) < 4.78 is 32.8. The van der Waals surface area contributed by atoms with Crippen molar-refractivity contribution in [2.24, 2.45) is 11.8 Å². The Morgan fingerprint density at radius 3 is 2.47 bits per heavy atom. The second-order valence-corrected chi connectivity index (χ2v) is 7.78. The fourth-order valence-corrected chi connectivity index (χ4v) is 5.21. The van der Waals surface area contributed by atoms with E-state index < -0.39 is 10.0 Å². The van der Waals surface area contributed by atoms with Crippen LogP contribution < -0.4 is 4.72 Å². The average molecular weight is 279 g/mol. The third-order valence-electron chi connectivity index (χ3n) is 4.61. The molecule has 5 atom stereocenters. The Morgan fingerprint density at radius 2 is 1.79 bits per heavy atom. The van der Waals surface area contributed by atoms with Crippen molar-refractivity contribution in [3.63, 3.8) is 0 Å². The van der Waals surface area contributed by atoms with Crippen molar-refractivity contribution in [3.05, 3.63) is 35.9 Å². The second-order valence-electron chi connectivity index (χ2n) is 5.85. The van der Waals surface area contributed by atoms with Gasteiger partial charge in [-0.1, -0.05) is 30.3 Å². The van der Waals surface area contributed by atoms with E-state index >= 15 is 0 Å². The molecule has 0 amide bonds. The Hall–Kier alpha value is -0.910. The minimum Gasteiger partial charge on any atom is -0.381 e. The molecule has 2 saturated carbocycles. The van der Waals surface area contributed by atoms with Crippen molar-refractivity contribution in [3.8, 4) is 0 Å². The third kappa shape index (κ3) is 2.00. The van der Waals surface area contributed by atoms with Gasteiger partial charge in [0.1, 0.15) is 0 Å². The van der Waals surface area contributed by atoms with Crippen molar-refractivity contribution in [2.75, 3.05) is 13.2 Å². The molecule has 2 aliphatic carbocycles. The fraction of sp³-hybridized carbons (Fsp3) is 0.571. The normalized spacial score (nSPS) is 39.9. The van der Waals surface area contributed by atoms with Crippen LogP contribution in [0.2, 0.25) is 0 Å². The Bertz CT molecular complexity index is 576.